The fraction of sp³-hybridized carbons (Fsp3) is 0.176. The molecule has 0 saturated heterocycles. The van der Waals surface area contributed by atoms with Gasteiger partial charge in [0.15, 0.2) is 11.5 Å². The number of halogens is 1. The van der Waals surface area contributed by atoms with E-state index in [1.165, 1.54) is 0 Å². The minimum atomic E-state index is 0.535. The third kappa shape index (κ3) is 3.00. The van der Waals surface area contributed by atoms with Crippen molar-refractivity contribution in [1.82, 2.24) is 15.0 Å². The number of aromatic nitrogens is 3. The Kier molecular flexibility index (Phi) is 3.96. The van der Waals surface area contributed by atoms with Gasteiger partial charge in [-0.25, -0.2) is 4.68 Å². The second kappa shape index (κ2) is 6.41. The summed E-state index contributed by atoms with van der Waals surface area (Å²) in [5.41, 5.74) is 2.61. The first-order valence-corrected chi connectivity index (χ1v) is 7.97. The van der Waals surface area contributed by atoms with Crippen molar-refractivity contribution < 1.29 is 9.47 Å². The molecule has 7 heteroatoms. The summed E-state index contributed by atoms with van der Waals surface area (Å²) in [6.45, 7) is 1.66. The molecule has 24 heavy (non-hydrogen) atoms. The Morgan fingerprint density at radius 3 is 2.79 bits per heavy atom. The second-order valence-electron chi connectivity index (χ2n) is 5.31. The van der Waals surface area contributed by atoms with E-state index < -0.39 is 0 Å². The van der Waals surface area contributed by atoms with Crippen LogP contribution in [-0.4, -0.2) is 28.2 Å². The Hall–Kier alpha value is -2.73. The summed E-state index contributed by atoms with van der Waals surface area (Å²) in [7, 11) is 0. The van der Waals surface area contributed by atoms with Crippen LogP contribution in [0.25, 0.3) is 5.69 Å². The first kappa shape index (κ1) is 14.8. The highest BCUT2D eigenvalue weighted by Crippen LogP contribution is 2.37. The lowest BCUT2D eigenvalue weighted by Crippen LogP contribution is -2.16. The van der Waals surface area contributed by atoms with E-state index >= 15 is 0 Å². The normalized spacial score (nSPS) is 12.9. The lowest BCUT2D eigenvalue weighted by molar-refractivity contribution is 0.172. The summed E-state index contributed by atoms with van der Waals surface area (Å²) in [5, 5.41) is 12.3. The van der Waals surface area contributed by atoms with Crippen molar-refractivity contribution in [3.63, 3.8) is 0 Å². The number of hydrogen-bond donors (Lipinski definition) is 1. The van der Waals surface area contributed by atoms with Crippen LogP contribution >= 0.6 is 11.6 Å². The molecule has 6 nitrogen and oxygen atoms in total. The van der Waals surface area contributed by atoms with E-state index in [2.05, 4.69) is 15.6 Å². The molecule has 1 aliphatic rings. The van der Waals surface area contributed by atoms with Gasteiger partial charge >= 0.3 is 0 Å². The maximum atomic E-state index is 5.90. The topological polar surface area (TPSA) is 61.2 Å². The van der Waals surface area contributed by atoms with Gasteiger partial charge in [-0.3, -0.25) is 0 Å². The molecular formula is C17H15ClN4O2. The number of rotatable bonds is 4. The van der Waals surface area contributed by atoms with Gasteiger partial charge in [-0.05, 0) is 36.4 Å². The van der Waals surface area contributed by atoms with E-state index in [9.17, 15) is 0 Å². The first-order valence-electron chi connectivity index (χ1n) is 7.59. The van der Waals surface area contributed by atoms with E-state index in [0.717, 1.165) is 28.6 Å². The van der Waals surface area contributed by atoms with Gasteiger partial charge < -0.3 is 14.8 Å². The third-order valence-corrected chi connectivity index (χ3v) is 3.91. The molecule has 2 aromatic carbocycles. The second-order valence-corrected chi connectivity index (χ2v) is 5.75. The molecule has 0 bridgehead atoms. The van der Waals surface area contributed by atoms with Crippen molar-refractivity contribution in [2.75, 3.05) is 18.5 Å². The molecule has 1 N–H and O–H groups in total. The maximum Gasteiger partial charge on any atom is 0.184 e. The highest BCUT2D eigenvalue weighted by molar-refractivity contribution is 6.30. The molecule has 4 rings (SSSR count). The minimum absolute atomic E-state index is 0.535. The van der Waals surface area contributed by atoms with Crippen molar-refractivity contribution in [3.05, 3.63) is 59.4 Å². The molecule has 0 radical (unpaired) electrons. The molecule has 0 spiro atoms. The average Bonchev–Trinajstić information content (AvgIpc) is 3.09. The number of hydrogen-bond acceptors (Lipinski definition) is 5. The quantitative estimate of drug-likeness (QED) is 0.788. The van der Waals surface area contributed by atoms with Crippen LogP contribution in [-0.2, 0) is 6.54 Å². The molecule has 3 aromatic rings. The lowest BCUT2D eigenvalue weighted by Gasteiger charge is -2.21. The molecule has 1 aliphatic heterocycles. The molecule has 0 fully saturated rings. The Bertz CT molecular complexity index is 848. The smallest absolute Gasteiger partial charge is 0.184 e. The predicted molar refractivity (Wildman–Crippen MR) is 91.1 cm³/mol. The van der Waals surface area contributed by atoms with Crippen molar-refractivity contribution in [1.29, 1.82) is 0 Å². The van der Waals surface area contributed by atoms with E-state index in [4.69, 9.17) is 21.1 Å². The van der Waals surface area contributed by atoms with Crippen LogP contribution in [0.1, 0.15) is 5.69 Å². The van der Waals surface area contributed by atoms with Gasteiger partial charge in [0.2, 0.25) is 0 Å². The number of ether oxygens (including phenoxy) is 2. The fourth-order valence-corrected chi connectivity index (χ4v) is 2.62. The monoisotopic (exact) mass is 342 g/mol. The van der Waals surface area contributed by atoms with Crippen molar-refractivity contribution in [2.45, 2.75) is 6.54 Å². The molecule has 0 atom stereocenters. The van der Waals surface area contributed by atoms with Crippen molar-refractivity contribution in [2.24, 2.45) is 0 Å². The van der Waals surface area contributed by atoms with Crippen molar-refractivity contribution >= 4 is 17.3 Å². The minimum Gasteiger partial charge on any atom is -0.486 e. The van der Waals surface area contributed by atoms with E-state index in [1.807, 2.05) is 48.7 Å². The van der Waals surface area contributed by atoms with Crippen molar-refractivity contribution in [3.8, 4) is 17.2 Å². The van der Waals surface area contributed by atoms with Gasteiger partial charge in [0.25, 0.3) is 0 Å². The molecule has 2 heterocycles. The predicted octanol–water partition coefficient (Wildman–Crippen LogP) is 3.30. The standard InChI is InChI=1S/C17H15ClN4O2/c18-12-4-6-14(7-5-12)22-11-13(20-21-22)10-19-15-2-1-3-16-17(15)24-9-8-23-16/h1-7,11,19H,8-10H2. The number of nitrogens with zero attached hydrogens (tertiary/aromatic N) is 3. The summed E-state index contributed by atoms with van der Waals surface area (Å²) in [4.78, 5) is 0. The number of nitrogens with one attached hydrogen (secondary N) is 1. The van der Waals surface area contributed by atoms with Crippen LogP contribution in [0.3, 0.4) is 0 Å². The zero-order valence-electron chi connectivity index (χ0n) is 12.8. The van der Waals surface area contributed by atoms with Gasteiger partial charge in [0, 0.05) is 5.02 Å². The maximum absolute atomic E-state index is 5.90. The average molecular weight is 343 g/mol. The van der Waals surface area contributed by atoms with E-state index in [-0.39, 0.29) is 0 Å². The summed E-state index contributed by atoms with van der Waals surface area (Å²) in [5.74, 6) is 1.50. The summed E-state index contributed by atoms with van der Waals surface area (Å²) in [6, 6.07) is 13.2. The number of para-hydroxylation sites is 1. The summed E-state index contributed by atoms with van der Waals surface area (Å²) < 4.78 is 13.0. The molecule has 0 saturated carbocycles. The Balaban J connectivity index is 1.48. The first-order chi connectivity index (χ1) is 11.8. The molecule has 122 valence electrons. The molecule has 0 amide bonds. The van der Waals surface area contributed by atoms with Gasteiger partial charge in [0.05, 0.1) is 24.1 Å². The van der Waals surface area contributed by atoms with Crippen LogP contribution in [0.5, 0.6) is 11.5 Å². The fourth-order valence-electron chi connectivity index (χ4n) is 2.50. The van der Waals surface area contributed by atoms with Crippen LogP contribution in [0.2, 0.25) is 5.02 Å². The van der Waals surface area contributed by atoms with Crippen LogP contribution in [0, 0.1) is 0 Å². The Morgan fingerprint density at radius 1 is 1.08 bits per heavy atom. The highest BCUT2D eigenvalue weighted by atomic mass is 35.5. The molecule has 0 aliphatic carbocycles. The summed E-state index contributed by atoms with van der Waals surface area (Å²) in [6.07, 6.45) is 1.88. The zero-order valence-corrected chi connectivity index (χ0v) is 13.5. The van der Waals surface area contributed by atoms with Gasteiger partial charge in [-0.15, -0.1) is 5.10 Å². The van der Waals surface area contributed by atoms with Crippen LogP contribution in [0.15, 0.2) is 48.7 Å². The largest absolute Gasteiger partial charge is 0.486 e. The molecule has 0 unspecified atom stereocenters. The number of fused-ring (bicyclic) bond motifs is 1. The van der Waals surface area contributed by atoms with Gasteiger partial charge in [-0.2, -0.15) is 0 Å². The number of anilines is 1. The third-order valence-electron chi connectivity index (χ3n) is 3.66. The molecular weight excluding hydrogens is 328 g/mol. The van der Waals surface area contributed by atoms with Gasteiger partial charge in [0.1, 0.15) is 18.9 Å². The van der Waals surface area contributed by atoms with E-state index in [0.29, 0.717) is 24.8 Å². The van der Waals surface area contributed by atoms with Crippen LogP contribution in [0.4, 0.5) is 5.69 Å². The molecule has 1 aromatic heterocycles. The van der Waals surface area contributed by atoms with Gasteiger partial charge in [-0.1, -0.05) is 22.9 Å². The SMILES string of the molecule is Clc1ccc(-n2cc(CNc3cccc4c3OCCO4)nn2)cc1. The van der Waals surface area contributed by atoms with E-state index in [1.54, 1.807) is 4.68 Å². The van der Waals surface area contributed by atoms with Crippen LogP contribution < -0.4 is 14.8 Å². The zero-order chi connectivity index (χ0) is 16.4. The Labute approximate surface area is 144 Å². The lowest BCUT2D eigenvalue weighted by atomic mass is 10.2. The highest BCUT2D eigenvalue weighted by Gasteiger charge is 2.15. The summed E-state index contributed by atoms with van der Waals surface area (Å²) >= 11 is 5.90. The Morgan fingerprint density at radius 2 is 1.92 bits per heavy atom. The number of benzene rings is 2.